The Hall–Kier alpha value is -1.57. The summed E-state index contributed by atoms with van der Waals surface area (Å²) in [6, 6.07) is 0. The van der Waals surface area contributed by atoms with Crippen molar-refractivity contribution >= 4 is 34.7 Å². The zero-order valence-corrected chi connectivity index (χ0v) is 17.1. The number of carbonyl (C=O) groups excluding carboxylic acids is 4. The number of rotatable bonds is 7. The third-order valence-corrected chi connectivity index (χ3v) is 4.36. The Morgan fingerprint density at radius 2 is 1.60 bits per heavy atom. The predicted octanol–water partition coefficient (Wildman–Crippen LogP) is 2.02. The van der Waals surface area contributed by atoms with Crippen LogP contribution in [0.1, 0.15) is 48.5 Å². The molecule has 0 saturated carbocycles. The van der Waals surface area contributed by atoms with Crippen molar-refractivity contribution in [3.05, 3.63) is 0 Å². The summed E-state index contributed by atoms with van der Waals surface area (Å²) in [5, 5.41) is -0.106. The molecule has 25 heavy (non-hydrogen) atoms. The first-order valence-corrected chi connectivity index (χ1v) is 8.96. The molecule has 0 aromatic heterocycles. The van der Waals surface area contributed by atoms with Gasteiger partial charge in [-0.3, -0.25) is 14.4 Å². The number of esters is 2. The van der Waals surface area contributed by atoms with Crippen LogP contribution in [0.25, 0.3) is 0 Å². The SMILES string of the molecule is COC(=O)C(C)(C)N(CC(=O)OC(C)(C)C)C(=O)[C@H](C)CSC(C)=O. The summed E-state index contributed by atoms with van der Waals surface area (Å²) in [4.78, 5) is 49.4. The zero-order valence-electron chi connectivity index (χ0n) is 16.3. The van der Waals surface area contributed by atoms with Gasteiger partial charge in [-0.25, -0.2) is 4.79 Å². The molecule has 144 valence electrons. The van der Waals surface area contributed by atoms with E-state index in [1.165, 1.54) is 27.9 Å². The molecule has 0 heterocycles. The van der Waals surface area contributed by atoms with Crippen LogP contribution in [-0.2, 0) is 28.7 Å². The maximum absolute atomic E-state index is 12.8. The maximum Gasteiger partial charge on any atom is 0.331 e. The van der Waals surface area contributed by atoms with Gasteiger partial charge in [-0.2, -0.15) is 0 Å². The Balaban J connectivity index is 5.46. The lowest BCUT2D eigenvalue weighted by Crippen LogP contribution is -2.57. The van der Waals surface area contributed by atoms with Crippen molar-refractivity contribution in [2.24, 2.45) is 5.92 Å². The van der Waals surface area contributed by atoms with E-state index in [9.17, 15) is 19.2 Å². The van der Waals surface area contributed by atoms with E-state index >= 15 is 0 Å². The molecule has 0 N–H and O–H groups in total. The molecule has 0 aliphatic heterocycles. The number of methoxy groups -OCH3 is 1. The topological polar surface area (TPSA) is 90.0 Å². The van der Waals surface area contributed by atoms with Gasteiger partial charge in [0.25, 0.3) is 0 Å². The zero-order chi connectivity index (χ0) is 20.0. The Bertz CT molecular complexity index is 524. The average molecular weight is 375 g/mol. The van der Waals surface area contributed by atoms with E-state index < -0.39 is 34.9 Å². The summed E-state index contributed by atoms with van der Waals surface area (Å²) in [6.45, 7) is 10.8. The average Bonchev–Trinajstić information content (AvgIpc) is 2.46. The van der Waals surface area contributed by atoms with Crippen LogP contribution in [0.3, 0.4) is 0 Å². The molecule has 0 aromatic rings. The highest BCUT2D eigenvalue weighted by molar-refractivity contribution is 8.13. The van der Waals surface area contributed by atoms with Crippen molar-refractivity contribution in [1.29, 1.82) is 0 Å². The van der Waals surface area contributed by atoms with E-state index in [-0.39, 0.29) is 17.4 Å². The second-order valence-electron chi connectivity index (χ2n) is 7.27. The molecule has 0 aliphatic rings. The number of ether oxygens (including phenoxy) is 2. The van der Waals surface area contributed by atoms with Crippen LogP contribution < -0.4 is 0 Å². The Labute approximate surface area is 153 Å². The number of thioether (sulfide) groups is 1. The van der Waals surface area contributed by atoms with E-state index in [2.05, 4.69) is 0 Å². The van der Waals surface area contributed by atoms with Crippen LogP contribution in [-0.4, -0.2) is 58.4 Å². The predicted molar refractivity (Wildman–Crippen MR) is 96.0 cm³/mol. The van der Waals surface area contributed by atoms with E-state index in [4.69, 9.17) is 9.47 Å². The number of hydrogen-bond donors (Lipinski definition) is 0. The Kier molecular flexibility index (Phi) is 8.64. The summed E-state index contributed by atoms with van der Waals surface area (Å²) in [6.07, 6.45) is 0. The van der Waals surface area contributed by atoms with E-state index in [1.807, 2.05) is 0 Å². The highest BCUT2D eigenvalue weighted by Crippen LogP contribution is 2.22. The van der Waals surface area contributed by atoms with Crippen LogP contribution >= 0.6 is 11.8 Å². The number of hydrogen-bond acceptors (Lipinski definition) is 7. The largest absolute Gasteiger partial charge is 0.467 e. The Morgan fingerprint density at radius 3 is 2.00 bits per heavy atom. The minimum atomic E-state index is -1.35. The van der Waals surface area contributed by atoms with Gasteiger partial charge in [0.1, 0.15) is 17.7 Å². The molecule has 0 rings (SSSR count). The molecule has 0 aromatic carbocycles. The van der Waals surface area contributed by atoms with Gasteiger partial charge >= 0.3 is 11.9 Å². The van der Waals surface area contributed by atoms with Crippen molar-refractivity contribution in [2.75, 3.05) is 19.4 Å². The van der Waals surface area contributed by atoms with Gasteiger partial charge < -0.3 is 14.4 Å². The van der Waals surface area contributed by atoms with Gasteiger partial charge in [0.2, 0.25) is 5.91 Å². The highest BCUT2D eigenvalue weighted by atomic mass is 32.2. The van der Waals surface area contributed by atoms with Crippen molar-refractivity contribution < 1.29 is 28.7 Å². The Morgan fingerprint density at radius 1 is 1.08 bits per heavy atom. The van der Waals surface area contributed by atoms with Crippen LogP contribution in [0.4, 0.5) is 0 Å². The molecule has 0 aliphatic carbocycles. The van der Waals surface area contributed by atoms with Crippen LogP contribution in [0.5, 0.6) is 0 Å². The van der Waals surface area contributed by atoms with Gasteiger partial charge in [0.05, 0.1) is 7.11 Å². The second kappa shape index (κ2) is 9.22. The lowest BCUT2D eigenvalue weighted by Gasteiger charge is -2.37. The van der Waals surface area contributed by atoms with Crippen molar-refractivity contribution in [3.63, 3.8) is 0 Å². The quantitative estimate of drug-likeness (QED) is 0.629. The van der Waals surface area contributed by atoms with E-state index in [0.717, 1.165) is 16.7 Å². The maximum atomic E-state index is 12.8. The second-order valence-corrected chi connectivity index (χ2v) is 8.46. The summed E-state index contributed by atoms with van der Waals surface area (Å²) in [5.41, 5.74) is -2.06. The lowest BCUT2D eigenvalue weighted by atomic mass is 10.00. The first kappa shape index (κ1) is 23.4. The fourth-order valence-corrected chi connectivity index (χ4v) is 2.62. The number of nitrogens with zero attached hydrogens (tertiary/aromatic N) is 1. The standard InChI is InChI=1S/C17H29NO6S/c1-11(10-25-12(2)19)14(21)18(17(6,7)15(22)23-8)9-13(20)24-16(3,4)5/h11H,9-10H2,1-8H3/t11-/m1/s1. The molecule has 0 saturated heterocycles. The molecule has 0 bridgehead atoms. The normalized spacial score (nSPS) is 13.0. The van der Waals surface area contributed by atoms with Crippen LogP contribution in [0.15, 0.2) is 0 Å². The fourth-order valence-electron chi connectivity index (χ4n) is 1.99. The van der Waals surface area contributed by atoms with Gasteiger partial charge in [-0.1, -0.05) is 18.7 Å². The monoisotopic (exact) mass is 375 g/mol. The summed E-state index contributed by atoms with van der Waals surface area (Å²) in [5.74, 6) is -1.98. The summed E-state index contributed by atoms with van der Waals surface area (Å²) < 4.78 is 10.0. The molecule has 0 unspecified atom stereocenters. The van der Waals surface area contributed by atoms with Gasteiger partial charge in [-0.05, 0) is 34.6 Å². The molecule has 7 nitrogen and oxygen atoms in total. The first-order chi connectivity index (χ1) is 11.2. The summed E-state index contributed by atoms with van der Waals surface area (Å²) >= 11 is 1.02. The van der Waals surface area contributed by atoms with Crippen molar-refractivity contribution in [2.45, 2.75) is 59.6 Å². The third-order valence-electron chi connectivity index (χ3n) is 3.29. The van der Waals surface area contributed by atoms with Gasteiger partial charge in [0, 0.05) is 18.6 Å². The molecular formula is C17H29NO6S. The van der Waals surface area contributed by atoms with Crippen molar-refractivity contribution in [1.82, 2.24) is 4.90 Å². The molecule has 0 spiro atoms. The fraction of sp³-hybridized carbons (Fsp3) is 0.765. The van der Waals surface area contributed by atoms with Crippen LogP contribution in [0.2, 0.25) is 0 Å². The van der Waals surface area contributed by atoms with E-state index in [0.29, 0.717) is 0 Å². The number of amides is 1. The highest BCUT2D eigenvalue weighted by Gasteiger charge is 2.42. The molecule has 8 heteroatoms. The smallest absolute Gasteiger partial charge is 0.331 e. The first-order valence-electron chi connectivity index (χ1n) is 7.97. The molecule has 0 fully saturated rings. The van der Waals surface area contributed by atoms with Crippen molar-refractivity contribution in [3.8, 4) is 0 Å². The molecule has 0 radical (unpaired) electrons. The molecule has 1 amide bonds. The summed E-state index contributed by atoms with van der Waals surface area (Å²) in [7, 11) is 1.22. The lowest BCUT2D eigenvalue weighted by molar-refractivity contribution is -0.169. The van der Waals surface area contributed by atoms with Gasteiger partial charge in [0.15, 0.2) is 5.12 Å². The van der Waals surface area contributed by atoms with Gasteiger partial charge in [-0.15, -0.1) is 0 Å². The third kappa shape index (κ3) is 7.90. The molecule has 1 atom stereocenters. The minimum Gasteiger partial charge on any atom is -0.467 e. The minimum absolute atomic E-state index is 0.106. The molecular weight excluding hydrogens is 346 g/mol. The van der Waals surface area contributed by atoms with E-state index in [1.54, 1.807) is 27.7 Å². The van der Waals surface area contributed by atoms with Crippen LogP contribution in [0, 0.1) is 5.92 Å². The number of carbonyl (C=O) groups is 4.